The van der Waals surface area contributed by atoms with E-state index in [1.54, 1.807) is 0 Å². The van der Waals surface area contributed by atoms with Crippen LogP contribution in [0.1, 0.15) is 10.4 Å². The van der Waals surface area contributed by atoms with Crippen LogP contribution in [-0.2, 0) is 0 Å². The van der Waals surface area contributed by atoms with E-state index >= 15 is 0 Å². The van der Waals surface area contributed by atoms with Crippen LogP contribution in [0.2, 0.25) is 0 Å². The molecule has 2 aromatic rings. The number of aldehydes is 1. The number of benzene rings is 2. The molecule has 2 nitrogen and oxygen atoms in total. The van der Waals surface area contributed by atoms with Crippen molar-refractivity contribution in [2.24, 2.45) is 0 Å². The first-order valence-electron chi connectivity index (χ1n) is 4.87. The Morgan fingerprint density at radius 1 is 1.13 bits per heavy atom. The predicted molar refractivity (Wildman–Crippen MR) is 63.7 cm³/mol. The molecule has 0 saturated carbocycles. The fourth-order valence-electron chi connectivity index (χ4n) is 1.75. The van der Waals surface area contributed by atoms with Crippen LogP contribution in [0.25, 0.3) is 10.8 Å². The number of hydrogen-bond acceptors (Lipinski definition) is 2. The molecule has 0 aliphatic rings. The minimum absolute atomic E-state index is 0.720. The maximum atomic E-state index is 10.8. The first-order valence-corrected chi connectivity index (χ1v) is 4.87. The van der Waals surface area contributed by atoms with Crippen molar-refractivity contribution < 1.29 is 4.79 Å². The highest BCUT2D eigenvalue weighted by Gasteiger charge is 2.04. The molecule has 0 radical (unpaired) electrons. The summed E-state index contributed by atoms with van der Waals surface area (Å²) in [5.41, 5.74) is 1.80. The lowest BCUT2D eigenvalue weighted by molar-refractivity contribution is 0.112. The zero-order valence-corrected chi connectivity index (χ0v) is 8.90. The Balaban J connectivity index is 2.80. The van der Waals surface area contributed by atoms with Gasteiger partial charge in [-0.3, -0.25) is 4.79 Å². The third-order valence-corrected chi connectivity index (χ3v) is 2.48. The second-order valence-electron chi connectivity index (χ2n) is 3.77. The van der Waals surface area contributed by atoms with Gasteiger partial charge in [0.15, 0.2) is 0 Å². The van der Waals surface area contributed by atoms with Crippen molar-refractivity contribution in [2.45, 2.75) is 0 Å². The van der Waals surface area contributed by atoms with Gasteiger partial charge in [-0.1, -0.05) is 24.3 Å². The summed E-state index contributed by atoms with van der Waals surface area (Å²) in [5.74, 6) is 0. The summed E-state index contributed by atoms with van der Waals surface area (Å²) in [6.45, 7) is 0. The Morgan fingerprint density at radius 3 is 2.53 bits per heavy atom. The summed E-state index contributed by atoms with van der Waals surface area (Å²) in [6.07, 6.45) is 0.888. The van der Waals surface area contributed by atoms with Gasteiger partial charge in [0.05, 0.1) is 0 Å². The monoisotopic (exact) mass is 199 g/mol. The summed E-state index contributed by atoms with van der Waals surface area (Å²) < 4.78 is 0. The number of carbonyl (C=O) groups excluding carboxylic acids is 1. The van der Waals surface area contributed by atoms with Gasteiger partial charge in [0.25, 0.3) is 0 Å². The van der Waals surface area contributed by atoms with E-state index in [1.807, 2.05) is 49.3 Å². The molecule has 0 aromatic heterocycles. The molecule has 2 aromatic carbocycles. The lowest BCUT2D eigenvalue weighted by Gasteiger charge is -2.16. The molecule has 76 valence electrons. The van der Waals surface area contributed by atoms with Crippen molar-refractivity contribution in [3.63, 3.8) is 0 Å². The number of nitrogens with zero attached hydrogens (tertiary/aromatic N) is 1. The smallest absolute Gasteiger partial charge is 0.150 e. The molecule has 15 heavy (non-hydrogen) atoms. The molecular weight excluding hydrogens is 186 g/mol. The van der Waals surface area contributed by atoms with Crippen molar-refractivity contribution in [3.8, 4) is 0 Å². The average molecular weight is 199 g/mol. The van der Waals surface area contributed by atoms with Crippen LogP contribution in [0.5, 0.6) is 0 Å². The fraction of sp³-hybridized carbons (Fsp3) is 0.154. The average Bonchev–Trinajstić information content (AvgIpc) is 2.27. The lowest BCUT2D eigenvalue weighted by atomic mass is 10.0. The van der Waals surface area contributed by atoms with Gasteiger partial charge in [0, 0.05) is 30.7 Å². The molecule has 0 unspecified atom stereocenters. The van der Waals surface area contributed by atoms with Crippen molar-refractivity contribution in [1.82, 2.24) is 0 Å². The Bertz CT molecular complexity index is 503. The molecule has 0 fully saturated rings. The molecule has 0 spiro atoms. The summed E-state index contributed by atoms with van der Waals surface area (Å²) in [4.78, 5) is 12.8. The Morgan fingerprint density at radius 2 is 1.87 bits per heavy atom. The Hall–Kier alpha value is -1.83. The van der Waals surface area contributed by atoms with E-state index in [9.17, 15) is 4.79 Å². The molecular formula is C13H13NO. The second kappa shape index (κ2) is 3.73. The van der Waals surface area contributed by atoms with Crippen LogP contribution in [-0.4, -0.2) is 20.4 Å². The van der Waals surface area contributed by atoms with E-state index in [-0.39, 0.29) is 0 Å². The first kappa shape index (κ1) is 9.71. The number of rotatable bonds is 2. The largest absolute Gasteiger partial charge is 0.377 e. The van der Waals surface area contributed by atoms with Crippen molar-refractivity contribution in [2.75, 3.05) is 19.0 Å². The first-order chi connectivity index (χ1) is 7.22. The molecule has 0 N–H and O–H groups in total. The zero-order chi connectivity index (χ0) is 10.8. The van der Waals surface area contributed by atoms with E-state index in [0.717, 1.165) is 22.9 Å². The highest BCUT2D eigenvalue weighted by atomic mass is 16.1. The highest BCUT2D eigenvalue weighted by Crippen LogP contribution is 2.26. The van der Waals surface area contributed by atoms with Gasteiger partial charge in [0.1, 0.15) is 6.29 Å². The maximum Gasteiger partial charge on any atom is 0.150 e. The van der Waals surface area contributed by atoms with Crippen molar-refractivity contribution in [1.29, 1.82) is 0 Å². The van der Waals surface area contributed by atoms with Gasteiger partial charge in [-0.05, 0) is 17.5 Å². The van der Waals surface area contributed by atoms with Crippen LogP contribution in [0, 0.1) is 0 Å². The molecule has 0 bridgehead atoms. The molecule has 0 aliphatic carbocycles. The number of hydrogen-bond donors (Lipinski definition) is 0. The van der Waals surface area contributed by atoms with Gasteiger partial charge in [-0.25, -0.2) is 0 Å². The molecule has 2 heteroatoms. The van der Waals surface area contributed by atoms with Gasteiger partial charge >= 0.3 is 0 Å². The highest BCUT2D eigenvalue weighted by molar-refractivity contribution is 5.98. The minimum Gasteiger partial charge on any atom is -0.377 e. The van der Waals surface area contributed by atoms with Crippen LogP contribution in [0.3, 0.4) is 0 Å². The summed E-state index contributed by atoms with van der Waals surface area (Å²) >= 11 is 0. The Kier molecular flexibility index (Phi) is 2.42. The molecule has 0 aliphatic heterocycles. The molecule has 0 heterocycles. The number of anilines is 1. The quantitative estimate of drug-likeness (QED) is 0.693. The third kappa shape index (κ3) is 1.71. The van der Waals surface area contributed by atoms with Crippen LogP contribution >= 0.6 is 0 Å². The lowest BCUT2D eigenvalue weighted by Crippen LogP contribution is -2.09. The summed E-state index contributed by atoms with van der Waals surface area (Å²) in [5, 5.41) is 2.28. The van der Waals surface area contributed by atoms with Gasteiger partial charge in [-0.2, -0.15) is 0 Å². The van der Waals surface area contributed by atoms with Gasteiger partial charge < -0.3 is 4.90 Å². The van der Waals surface area contributed by atoms with E-state index in [0.29, 0.717) is 0 Å². The van der Waals surface area contributed by atoms with Gasteiger partial charge in [0.2, 0.25) is 0 Å². The standard InChI is InChI=1S/C13H13NO/c1-14(2)13-8-10(9-15)7-11-5-3-4-6-12(11)13/h3-9H,1-2H3. The second-order valence-corrected chi connectivity index (χ2v) is 3.77. The Labute approximate surface area is 89.1 Å². The molecule has 2 rings (SSSR count). The van der Waals surface area contributed by atoms with Crippen molar-refractivity contribution in [3.05, 3.63) is 42.0 Å². The molecule has 0 atom stereocenters. The molecule has 0 amide bonds. The summed E-state index contributed by atoms with van der Waals surface area (Å²) in [7, 11) is 3.96. The normalized spacial score (nSPS) is 10.3. The fourth-order valence-corrected chi connectivity index (χ4v) is 1.75. The van der Waals surface area contributed by atoms with Crippen LogP contribution in [0.15, 0.2) is 36.4 Å². The maximum absolute atomic E-state index is 10.8. The van der Waals surface area contributed by atoms with Crippen LogP contribution in [0.4, 0.5) is 5.69 Å². The minimum atomic E-state index is 0.720. The number of carbonyl (C=O) groups is 1. The zero-order valence-electron chi connectivity index (χ0n) is 8.90. The van der Waals surface area contributed by atoms with Gasteiger partial charge in [-0.15, -0.1) is 0 Å². The van der Waals surface area contributed by atoms with E-state index in [2.05, 4.69) is 6.07 Å². The third-order valence-electron chi connectivity index (χ3n) is 2.48. The van der Waals surface area contributed by atoms with E-state index < -0.39 is 0 Å². The van der Waals surface area contributed by atoms with E-state index in [1.165, 1.54) is 5.39 Å². The predicted octanol–water partition coefficient (Wildman–Crippen LogP) is 2.72. The molecule has 0 saturated heterocycles. The number of fused-ring (bicyclic) bond motifs is 1. The SMILES string of the molecule is CN(C)c1cc(C=O)cc2ccccc12. The summed E-state index contributed by atoms with van der Waals surface area (Å²) in [6, 6.07) is 11.9. The topological polar surface area (TPSA) is 20.3 Å². The van der Waals surface area contributed by atoms with E-state index in [4.69, 9.17) is 0 Å². The van der Waals surface area contributed by atoms with Crippen molar-refractivity contribution >= 4 is 22.7 Å². The van der Waals surface area contributed by atoms with Crippen LogP contribution < -0.4 is 4.90 Å².